The number of rotatable bonds is 1. The van der Waals surface area contributed by atoms with Crippen molar-refractivity contribution in [2.24, 2.45) is 5.73 Å². The topological polar surface area (TPSA) is 58.4 Å². The molecule has 1 aromatic carbocycles. The molecule has 3 N–H and O–H groups in total. The Morgan fingerprint density at radius 1 is 1.60 bits per heavy atom. The molecule has 1 aromatic rings. The first-order chi connectivity index (χ1) is 7.15. The van der Waals surface area contributed by atoms with Gasteiger partial charge in [-0.1, -0.05) is 6.07 Å². The molecule has 5 heteroatoms. The van der Waals surface area contributed by atoms with Gasteiger partial charge in [0.1, 0.15) is 17.5 Å². The fraction of sp³-hybridized carbons (Fsp3) is 0.300. The molecule has 2 rings (SSSR count). The number of likely N-dealkylation sites (N-methyl/N-ethyl adjacent to an activating group) is 1. The Hall–Kier alpha value is -1.62. The van der Waals surface area contributed by atoms with E-state index in [4.69, 9.17) is 5.73 Å². The molecule has 1 unspecified atom stereocenters. The molecule has 0 saturated heterocycles. The summed E-state index contributed by atoms with van der Waals surface area (Å²) >= 11 is 0. The number of halogens is 1. The highest BCUT2D eigenvalue weighted by Gasteiger charge is 2.30. The third kappa shape index (κ3) is 1.45. The van der Waals surface area contributed by atoms with Gasteiger partial charge in [0, 0.05) is 13.6 Å². The molecular formula is C10H12FN3O. The summed E-state index contributed by atoms with van der Waals surface area (Å²) in [5, 5.41) is 2.52. The summed E-state index contributed by atoms with van der Waals surface area (Å²) in [5.41, 5.74) is 6.37. The van der Waals surface area contributed by atoms with Gasteiger partial charge in [-0.2, -0.15) is 0 Å². The van der Waals surface area contributed by atoms with E-state index in [0.29, 0.717) is 5.69 Å². The van der Waals surface area contributed by atoms with Crippen LogP contribution in [0.3, 0.4) is 0 Å². The second kappa shape index (κ2) is 3.51. The second-order valence-corrected chi connectivity index (χ2v) is 3.49. The van der Waals surface area contributed by atoms with Crippen molar-refractivity contribution in [1.82, 2.24) is 0 Å². The number of carbonyl (C=O) groups is 1. The highest BCUT2D eigenvalue weighted by Crippen LogP contribution is 2.32. The van der Waals surface area contributed by atoms with Crippen LogP contribution in [0.25, 0.3) is 0 Å². The van der Waals surface area contributed by atoms with Crippen LogP contribution in [0.2, 0.25) is 0 Å². The Bertz CT molecular complexity index is 408. The fourth-order valence-electron chi connectivity index (χ4n) is 1.75. The van der Waals surface area contributed by atoms with Crippen molar-refractivity contribution in [2.75, 3.05) is 23.8 Å². The molecular weight excluding hydrogens is 197 g/mol. The maximum Gasteiger partial charge on any atom is 0.248 e. The lowest BCUT2D eigenvalue weighted by Gasteiger charge is -2.34. The number of nitrogens with two attached hydrogens (primary N) is 1. The highest BCUT2D eigenvalue weighted by atomic mass is 19.1. The average molecular weight is 209 g/mol. The first-order valence-electron chi connectivity index (χ1n) is 4.67. The summed E-state index contributed by atoms with van der Waals surface area (Å²) in [4.78, 5) is 13.2. The number of nitrogens with one attached hydrogen (secondary N) is 1. The molecule has 0 saturated carbocycles. The number of anilines is 2. The fourth-order valence-corrected chi connectivity index (χ4v) is 1.75. The van der Waals surface area contributed by atoms with Crippen molar-refractivity contribution < 1.29 is 9.18 Å². The monoisotopic (exact) mass is 209 g/mol. The number of carbonyl (C=O) groups excluding carboxylic acids is 1. The maximum absolute atomic E-state index is 13.4. The van der Waals surface area contributed by atoms with Crippen molar-refractivity contribution in [3.05, 3.63) is 24.0 Å². The van der Waals surface area contributed by atoms with E-state index >= 15 is 0 Å². The number of hydrogen-bond acceptors (Lipinski definition) is 3. The van der Waals surface area contributed by atoms with E-state index in [2.05, 4.69) is 5.32 Å². The number of benzene rings is 1. The normalized spacial score (nSPS) is 19.8. The quantitative estimate of drug-likeness (QED) is 0.709. The minimum absolute atomic E-state index is 0.207. The van der Waals surface area contributed by atoms with Gasteiger partial charge in [-0.25, -0.2) is 4.39 Å². The lowest BCUT2D eigenvalue weighted by molar-refractivity contribution is -0.117. The van der Waals surface area contributed by atoms with E-state index in [1.54, 1.807) is 24.1 Å². The van der Waals surface area contributed by atoms with Gasteiger partial charge >= 0.3 is 0 Å². The molecule has 4 nitrogen and oxygen atoms in total. The van der Waals surface area contributed by atoms with Crippen molar-refractivity contribution in [2.45, 2.75) is 6.04 Å². The van der Waals surface area contributed by atoms with Gasteiger partial charge in [-0.3, -0.25) is 4.79 Å². The van der Waals surface area contributed by atoms with E-state index in [-0.39, 0.29) is 18.1 Å². The number of para-hydroxylation sites is 1. The van der Waals surface area contributed by atoms with Gasteiger partial charge in [0.25, 0.3) is 0 Å². The van der Waals surface area contributed by atoms with Crippen LogP contribution in [0, 0.1) is 5.82 Å². The average Bonchev–Trinajstić information content (AvgIpc) is 2.20. The molecule has 0 aliphatic carbocycles. The van der Waals surface area contributed by atoms with Gasteiger partial charge in [-0.15, -0.1) is 0 Å². The smallest absolute Gasteiger partial charge is 0.248 e. The Morgan fingerprint density at radius 3 is 3.00 bits per heavy atom. The van der Waals surface area contributed by atoms with Gasteiger partial charge in [0.15, 0.2) is 0 Å². The molecule has 0 fully saturated rings. The molecule has 1 amide bonds. The highest BCUT2D eigenvalue weighted by molar-refractivity contribution is 6.03. The third-order valence-electron chi connectivity index (χ3n) is 2.61. The molecule has 1 aliphatic heterocycles. The van der Waals surface area contributed by atoms with Crippen LogP contribution in [-0.4, -0.2) is 25.5 Å². The van der Waals surface area contributed by atoms with Gasteiger partial charge in [0.05, 0.1) is 5.69 Å². The van der Waals surface area contributed by atoms with Crippen LogP contribution in [0.1, 0.15) is 0 Å². The van der Waals surface area contributed by atoms with E-state index in [1.165, 1.54) is 6.07 Å². The van der Waals surface area contributed by atoms with E-state index in [9.17, 15) is 9.18 Å². The molecule has 1 atom stereocenters. The number of fused-ring (bicyclic) bond motifs is 1. The molecule has 15 heavy (non-hydrogen) atoms. The summed E-state index contributed by atoms with van der Waals surface area (Å²) < 4.78 is 13.4. The van der Waals surface area contributed by atoms with E-state index in [0.717, 1.165) is 0 Å². The summed E-state index contributed by atoms with van der Waals surface area (Å²) in [5.74, 6) is -0.694. The predicted octanol–water partition coefficient (Wildman–Crippen LogP) is 0.541. The summed E-state index contributed by atoms with van der Waals surface area (Å²) in [6, 6.07) is 4.24. The standard InChI is InChI=1S/C10H12FN3O/c1-14-7-4-2-3-6(11)9(7)13-10(15)8(14)5-12/h2-4,8H,5,12H2,1H3,(H,13,15). The van der Waals surface area contributed by atoms with E-state index in [1.807, 2.05) is 0 Å². The van der Waals surface area contributed by atoms with Gasteiger partial charge < -0.3 is 16.0 Å². The molecule has 80 valence electrons. The molecule has 1 aliphatic rings. The summed E-state index contributed by atoms with van der Waals surface area (Å²) in [6.45, 7) is 0.207. The van der Waals surface area contributed by atoms with Crippen LogP contribution < -0.4 is 16.0 Å². The SMILES string of the molecule is CN1c2cccc(F)c2NC(=O)C1CN. The molecule has 0 bridgehead atoms. The van der Waals surface area contributed by atoms with Crippen molar-refractivity contribution in [3.63, 3.8) is 0 Å². The minimum Gasteiger partial charge on any atom is -0.360 e. The summed E-state index contributed by atoms with van der Waals surface area (Å²) in [6.07, 6.45) is 0. The van der Waals surface area contributed by atoms with Crippen LogP contribution >= 0.6 is 0 Å². The minimum atomic E-state index is -0.431. The Labute approximate surface area is 86.9 Å². The first-order valence-corrected chi connectivity index (χ1v) is 4.67. The molecule has 0 spiro atoms. The maximum atomic E-state index is 13.4. The van der Waals surface area contributed by atoms with Crippen LogP contribution in [-0.2, 0) is 4.79 Å². The second-order valence-electron chi connectivity index (χ2n) is 3.49. The molecule has 0 radical (unpaired) electrons. The Balaban J connectivity index is 2.50. The predicted molar refractivity (Wildman–Crippen MR) is 56.3 cm³/mol. The number of nitrogens with zero attached hydrogens (tertiary/aromatic N) is 1. The Morgan fingerprint density at radius 2 is 2.33 bits per heavy atom. The van der Waals surface area contributed by atoms with Crippen molar-refractivity contribution in [3.8, 4) is 0 Å². The van der Waals surface area contributed by atoms with E-state index < -0.39 is 11.9 Å². The number of hydrogen-bond donors (Lipinski definition) is 2. The molecule has 1 heterocycles. The van der Waals surface area contributed by atoms with Crippen LogP contribution in [0.5, 0.6) is 0 Å². The van der Waals surface area contributed by atoms with Gasteiger partial charge in [0.2, 0.25) is 5.91 Å². The number of amides is 1. The van der Waals surface area contributed by atoms with Crippen LogP contribution in [0.4, 0.5) is 15.8 Å². The summed E-state index contributed by atoms with van der Waals surface area (Å²) in [7, 11) is 1.73. The Kier molecular flexibility index (Phi) is 2.32. The zero-order chi connectivity index (χ0) is 11.0. The zero-order valence-corrected chi connectivity index (χ0v) is 8.33. The third-order valence-corrected chi connectivity index (χ3v) is 2.61. The van der Waals surface area contributed by atoms with Crippen molar-refractivity contribution in [1.29, 1.82) is 0 Å². The van der Waals surface area contributed by atoms with Crippen LogP contribution in [0.15, 0.2) is 18.2 Å². The zero-order valence-electron chi connectivity index (χ0n) is 8.33. The lowest BCUT2D eigenvalue weighted by atomic mass is 10.1. The largest absolute Gasteiger partial charge is 0.360 e. The lowest BCUT2D eigenvalue weighted by Crippen LogP contribution is -2.50. The van der Waals surface area contributed by atoms with Gasteiger partial charge in [-0.05, 0) is 12.1 Å². The first kappa shape index (κ1) is 9.92. The molecule has 0 aromatic heterocycles. The van der Waals surface area contributed by atoms with Crippen molar-refractivity contribution >= 4 is 17.3 Å².